The Labute approximate surface area is 156 Å². The summed E-state index contributed by atoms with van der Waals surface area (Å²) in [7, 11) is 0. The number of carboxylic acid groups (broad SMARTS) is 1. The van der Waals surface area contributed by atoms with E-state index >= 15 is 0 Å². The number of rotatable bonds is 2. The molecule has 0 heterocycles. The van der Waals surface area contributed by atoms with Crippen molar-refractivity contribution >= 4 is 11.9 Å². The van der Waals surface area contributed by atoms with Gasteiger partial charge in [-0.15, -0.1) is 0 Å². The second-order valence-corrected chi connectivity index (χ2v) is 9.98. The van der Waals surface area contributed by atoms with Gasteiger partial charge in [0.15, 0.2) is 0 Å². The number of carbonyl (C=O) groups is 2. The molecule has 4 fully saturated rings. The summed E-state index contributed by atoms with van der Waals surface area (Å²) in [5.41, 5.74) is 0.293. The van der Waals surface area contributed by atoms with Crippen LogP contribution in [0.4, 0.5) is 0 Å². The van der Waals surface area contributed by atoms with Crippen molar-refractivity contribution in [3.05, 3.63) is 12.2 Å². The number of carboxylic acids is 1. The van der Waals surface area contributed by atoms with Gasteiger partial charge in [0, 0.05) is 23.7 Å². The Kier molecular flexibility index (Phi) is 3.88. The molecule has 4 saturated carbocycles. The average Bonchev–Trinajstić information content (AvgIpc) is 2.75. The first kappa shape index (κ1) is 18.1. The van der Waals surface area contributed by atoms with E-state index in [-0.39, 0.29) is 28.8 Å². The number of ether oxygens (including phenoxy) is 1. The van der Waals surface area contributed by atoms with Gasteiger partial charge in [-0.25, -0.2) is 0 Å². The molecule has 144 valence electrons. The van der Waals surface area contributed by atoms with Gasteiger partial charge in [-0.05, 0) is 73.7 Å². The fourth-order valence-electron chi connectivity index (χ4n) is 7.94. The van der Waals surface area contributed by atoms with Gasteiger partial charge in [-0.3, -0.25) is 4.79 Å². The van der Waals surface area contributed by atoms with Crippen molar-refractivity contribution < 1.29 is 19.4 Å². The van der Waals surface area contributed by atoms with E-state index in [1.807, 2.05) is 6.92 Å². The molecule has 4 heteroatoms. The van der Waals surface area contributed by atoms with Gasteiger partial charge in [0.25, 0.3) is 0 Å². The van der Waals surface area contributed by atoms with Gasteiger partial charge in [-0.2, -0.15) is 0 Å². The Balaban J connectivity index is 1.77. The molecule has 26 heavy (non-hydrogen) atoms. The Morgan fingerprint density at radius 2 is 1.85 bits per heavy atom. The zero-order chi connectivity index (χ0) is 18.9. The Hall–Kier alpha value is -1.32. The lowest BCUT2D eigenvalue weighted by atomic mass is 9.40. The molecule has 7 atom stereocenters. The normalized spacial score (nSPS) is 49.9. The molecule has 0 aliphatic heterocycles. The Morgan fingerprint density at radius 1 is 1.12 bits per heavy atom. The summed E-state index contributed by atoms with van der Waals surface area (Å²) in [6.07, 6.45) is 7.60. The highest BCUT2D eigenvalue weighted by atomic mass is 16.5. The van der Waals surface area contributed by atoms with E-state index in [1.165, 1.54) is 6.92 Å². The van der Waals surface area contributed by atoms with Crippen molar-refractivity contribution in [1.82, 2.24) is 0 Å². The smallest absolute Gasteiger partial charge is 0.303 e. The van der Waals surface area contributed by atoms with Crippen molar-refractivity contribution in [1.29, 1.82) is 0 Å². The minimum atomic E-state index is -0.884. The van der Waals surface area contributed by atoms with Crippen LogP contribution in [-0.2, 0) is 14.3 Å². The highest BCUT2D eigenvalue weighted by molar-refractivity contribution is 5.73. The third-order valence-corrected chi connectivity index (χ3v) is 8.93. The first-order chi connectivity index (χ1) is 12.1. The van der Waals surface area contributed by atoms with Crippen LogP contribution in [0.1, 0.15) is 72.1 Å². The summed E-state index contributed by atoms with van der Waals surface area (Å²) >= 11 is 0. The average molecular weight is 359 g/mol. The molecule has 0 radical (unpaired) electrons. The quantitative estimate of drug-likeness (QED) is 0.561. The number of hydrogen-bond donors (Lipinski definition) is 0. The first-order valence-electron chi connectivity index (χ1n) is 10.2. The van der Waals surface area contributed by atoms with E-state index in [0.717, 1.165) is 56.9 Å². The molecule has 2 bridgehead atoms. The predicted molar refractivity (Wildman–Crippen MR) is 95.8 cm³/mol. The minimum absolute atomic E-state index is 0.0285. The molecule has 0 aromatic rings. The summed E-state index contributed by atoms with van der Waals surface area (Å²) in [6.45, 7) is 10.0. The topological polar surface area (TPSA) is 66.4 Å². The van der Waals surface area contributed by atoms with Crippen LogP contribution in [0.15, 0.2) is 12.2 Å². The monoisotopic (exact) mass is 359 g/mol. The van der Waals surface area contributed by atoms with Crippen LogP contribution < -0.4 is 5.11 Å². The predicted octanol–water partition coefficient (Wildman–Crippen LogP) is 3.25. The second kappa shape index (κ2) is 5.59. The fourth-order valence-corrected chi connectivity index (χ4v) is 7.94. The van der Waals surface area contributed by atoms with E-state index in [1.54, 1.807) is 0 Å². The molecule has 0 saturated heterocycles. The Bertz CT molecular complexity index is 669. The number of fused-ring (bicyclic) bond motifs is 3. The van der Waals surface area contributed by atoms with Gasteiger partial charge in [0.05, 0.1) is 0 Å². The zero-order valence-electron chi connectivity index (χ0n) is 16.3. The van der Waals surface area contributed by atoms with Gasteiger partial charge in [0.2, 0.25) is 0 Å². The lowest BCUT2D eigenvalue weighted by Gasteiger charge is -2.65. The zero-order valence-corrected chi connectivity index (χ0v) is 16.3. The molecule has 0 N–H and O–H groups in total. The van der Waals surface area contributed by atoms with Gasteiger partial charge < -0.3 is 14.6 Å². The molecule has 4 rings (SSSR count). The maximum absolute atomic E-state index is 12.1. The summed E-state index contributed by atoms with van der Waals surface area (Å²) in [5.74, 6) is -0.120. The first-order valence-corrected chi connectivity index (χ1v) is 10.2. The van der Waals surface area contributed by atoms with E-state index in [2.05, 4.69) is 13.5 Å². The lowest BCUT2D eigenvalue weighted by molar-refractivity contribution is -0.328. The van der Waals surface area contributed by atoms with Crippen LogP contribution in [0.2, 0.25) is 0 Å². The molecule has 0 amide bonds. The van der Waals surface area contributed by atoms with Crippen molar-refractivity contribution in [2.75, 3.05) is 0 Å². The van der Waals surface area contributed by atoms with Crippen molar-refractivity contribution in [2.45, 2.75) is 78.2 Å². The van der Waals surface area contributed by atoms with Gasteiger partial charge >= 0.3 is 5.97 Å². The number of carbonyl (C=O) groups excluding carboxylic acids is 2. The SMILES string of the molecule is C=C1[C@H]2CC[C@H]3[C@@]4(C)CCC[C@@](C)(C(=O)[O-])[C@H]4CC[C@]3(C2)[C@@H]1OC(C)=O. The Morgan fingerprint density at radius 3 is 2.50 bits per heavy atom. The van der Waals surface area contributed by atoms with Crippen LogP contribution in [-0.4, -0.2) is 18.0 Å². The molecular weight excluding hydrogens is 328 g/mol. The van der Waals surface area contributed by atoms with Crippen LogP contribution in [0.5, 0.6) is 0 Å². The highest BCUT2D eigenvalue weighted by Gasteiger charge is 2.67. The maximum Gasteiger partial charge on any atom is 0.303 e. The molecule has 0 aromatic carbocycles. The number of esters is 1. The molecule has 4 nitrogen and oxygen atoms in total. The van der Waals surface area contributed by atoms with Crippen LogP contribution in [0.25, 0.3) is 0 Å². The summed E-state index contributed by atoms with van der Waals surface area (Å²) in [5, 5.41) is 12.1. The van der Waals surface area contributed by atoms with Gasteiger partial charge in [-0.1, -0.05) is 26.8 Å². The van der Waals surface area contributed by atoms with E-state index in [9.17, 15) is 14.7 Å². The third kappa shape index (κ3) is 2.13. The van der Waals surface area contributed by atoms with Crippen molar-refractivity contribution in [3.8, 4) is 0 Å². The van der Waals surface area contributed by atoms with E-state index in [4.69, 9.17) is 4.74 Å². The number of hydrogen-bond acceptors (Lipinski definition) is 4. The largest absolute Gasteiger partial charge is 0.550 e. The minimum Gasteiger partial charge on any atom is -0.550 e. The second-order valence-electron chi connectivity index (χ2n) is 9.98. The standard InChI is InChI=1S/C22H32O4/c1-13-15-6-7-17-20(3)9-5-10-21(4,19(24)25)16(20)8-11-22(17,12-15)18(13)26-14(2)23/h15-18H,1,5-12H2,2-4H3,(H,24,25)/p-1/t15-,16-,17-,18+,20-,21+,22+/m0/s1. The molecule has 1 spiro atoms. The van der Waals surface area contributed by atoms with E-state index < -0.39 is 11.4 Å². The van der Waals surface area contributed by atoms with Crippen LogP contribution in [0.3, 0.4) is 0 Å². The lowest BCUT2D eigenvalue weighted by Crippen LogP contribution is -2.62. The molecular formula is C22H31O4-. The number of aliphatic carboxylic acids is 1. The van der Waals surface area contributed by atoms with Crippen LogP contribution in [0, 0.1) is 34.0 Å². The van der Waals surface area contributed by atoms with Crippen LogP contribution >= 0.6 is 0 Å². The fraction of sp³-hybridized carbons (Fsp3) is 0.818. The third-order valence-electron chi connectivity index (χ3n) is 8.93. The maximum atomic E-state index is 12.1. The summed E-state index contributed by atoms with van der Waals surface area (Å²) in [6, 6.07) is 0. The molecule has 0 unspecified atom stereocenters. The van der Waals surface area contributed by atoms with Gasteiger partial charge in [0.1, 0.15) is 6.10 Å². The summed E-state index contributed by atoms with van der Waals surface area (Å²) in [4.78, 5) is 23.9. The molecule has 4 aliphatic rings. The van der Waals surface area contributed by atoms with Crippen molar-refractivity contribution in [3.63, 3.8) is 0 Å². The molecule has 4 aliphatic carbocycles. The van der Waals surface area contributed by atoms with E-state index in [0.29, 0.717) is 11.8 Å². The summed E-state index contributed by atoms with van der Waals surface area (Å²) < 4.78 is 5.85. The highest BCUT2D eigenvalue weighted by Crippen LogP contribution is 2.72. The van der Waals surface area contributed by atoms with Crippen molar-refractivity contribution in [2.24, 2.45) is 34.0 Å². The molecule has 0 aromatic heterocycles.